The Labute approximate surface area is 115 Å². The van der Waals surface area contributed by atoms with Crippen LogP contribution in [0.15, 0.2) is 23.5 Å². The molecule has 1 aliphatic carbocycles. The Bertz CT molecular complexity index is 645. The van der Waals surface area contributed by atoms with Crippen LogP contribution in [0.1, 0.15) is 40.4 Å². The van der Waals surface area contributed by atoms with Crippen molar-refractivity contribution in [3.63, 3.8) is 0 Å². The molecule has 0 saturated heterocycles. The van der Waals surface area contributed by atoms with E-state index in [1.165, 1.54) is 27.0 Å². The lowest BCUT2D eigenvalue weighted by atomic mass is 9.92. The van der Waals surface area contributed by atoms with Crippen LogP contribution in [0.25, 0.3) is 0 Å². The van der Waals surface area contributed by atoms with E-state index in [4.69, 9.17) is 9.47 Å². The van der Waals surface area contributed by atoms with Crippen molar-refractivity contribution in [1.82, 2.24) is 4.98 Å². The number of carbonyl (C=O) groups excluding carboxylic acids is 3. The van der Waals surface area contributed by atoms with E-state index in [2.05, 4.69) is 4.98 Å². The van der Waals surface area contributed by atoms with Gasteiger partial charge >= 0.3 is 5.97 Å². The lowest BCUT2D eigenvalue weighted by Crippen LogP contribution is -2.23. The summed E-state index contributed by atoms with van der Waals surface area (Å²) in [5.74, 6) is -1.13. The van der Waals surface area contributed by atoms with Gasteiger partial charge in [0.2, 0.25) is 11.6 Å². The topological polar surface area (TPSA) is 82.6 Å². The summed E-state index contributed by atoms with van der Waals surface area (Å²) in [6, 6.07) is 3.04. The number of hydrogen-bond donors (Lipinski definition) is 0. The van der Waals surface area contributed by atoms with Crippen LogP contribution in [-0.4, -0.2) is 29.6 Å². The van der Waals surface area contributed by atoms with Gasteiger partial charge < -0.3 is 9.47 Å². The van der Waals surface area contributed by atoms with Crippen molar-refractivity contribution >= 4 is 17.5 Å². The minimum absolute atomic E-state index is 0.0377. The zero-order chi connectivity index (χ0) is 14.9. The summed E-state index contributed by atoms with van der Waals surface area (Å²) in [7, 11) is 1.34. The molecule has 0 amide bonds. The number of ketones is 2. The van der Waals surface area contributed by atoms with E-state index in [-0.39, 0.29) is 40.8 Å². The summed E-state index contributed by atoms with van der Waals surface area (Å²) in [6.45, 7) is 2.76. The number of esters is 1. The Hall–Kier alpha value is -2.50. The molecule has 1 heterocycles. The van der Waals surface area contributed by atoms with Crippen molar-refractivity contribution in [2.24, 2.45) is 0 Å². The molecule has 0 aromatic carbocycles. The molecule has 1 aliphatic rings. The lowest BCUT2D eigenvalue weighted by molar-refractivity contribution is -0.142. The normalized spacial score (nSPS) is 14.2. The fourth-order valence-electron chi connectivity index (χ4n) is 1.93. The fourth-order valence-corrected chi connectivity index (χ4v) is 1.93. The molecule has 20 heavy (non-hydrogen) atoms. The van der Waals surface area contributed by atoms with Gasteiger partial charge in [-0.2, -0.15) is 0 Å². The third kappa shape index (κ3) is 2.32. The second-order valence-electron chi connectivity index (χ2n) is 4.30. The van der Waals surface area contributed by atoms with Crippen LogP contribution in [0.3, 0.4) is 0 Å². The summed E-state index contributed by atoms with van der Waals surface area (Å²) in [4.78, 5) is 39.1. The molecule has 0 spiro atoms. The molecule has 0 aliphatic heterocycles. The predicted octanol–water partition coefficient (Wildman–Crippen LogP) is 1.44. The van der Waals surface area contributed by atoms with Crippen LogP contribution >= 0.6 is 0 Å². The molecule has 0 fully saturated rings. The van der Waals surface area contributed by atoms with E-state index < -0.39 is 5.97 Å². The molecule has 6 nitrogen and oxygen atoms in total. The average Bonchev–Trinajstić information content (AvgIpc) is 2.43. The van der Waals surface area contributed by atoms with Crippen molar-refractivity contribution in [3.8, 4) is 0 Å². The van der Waals surface area contributed by atoms with Gasteiger partial charge in [-0.15, -0.1) is 0 Å². The van der Waals surface area contributed by atoms with Gasteiger partial charge in [0.25, 0.3) is 0 Å². The molecule has 0 atom stereocenters. The first-order valence-corrected chi connectivity index (χ1v) is 5.93. The maximum absolute atomic E-state index is 12.2. The lowest BCUT2D eigenvalue weighted by Gasteiger charge is -2.17. The molecule has 0 saturated carbocycles. The summed E-state index contributed by atoms with van der Waals surface area (Å²) < 4.78 is 9.78. The third-order valence-corrected chi connectivity index (χ3v) is 2.93. The minimum Gasteiger partial charge on any atom is -0.492 e. The number of aromatic nitrogens is 1. The molecule has 104 valence electrons. The van der Waals surface area contributed by atoms with Gasteiger partial charge in [0.05, 0.1) is 18.4 Å². The van der Waals surface area contributed by atoms with E-state index in [1.54, 1.807) is 6.07 Å². The number of fused-ring (bicyclic) bond motifs is 1. The van der Waals surface area contributed by atoms with E-state index in [0.717, 1.165) is 0 Å². The third-order valence-electron chi connectivity index (χ3n) is 2.93. The second-order valence-corrected chi connectivity index (χ2v) is 4.30. The molecule has 0 bridgehead atoms. The van der Waals surface area contributed by atoms with Gasteiger partial charge in [-0.25, -0.2) is 4.98 Å². The van der Waals surface area contributed by atoms with Gasteiger partial charge in [0.1, 0.15) is 12.3 Å². The predicted molar refractivity (Wildman–Crippen MR) is 68.1 cm³/mol. The molecular formula is C14H13NO5. The number of rotatable bonds is 3. The first-order chi connectivity index (χ1) is 9.45. The van der Waals surface area contributed by atoms with Crippen LogP contribution in [0.5, 0.6) is 0 Å². The monoisotopic (exact) mass is 275 g/mol. The summed E-state index contributed by atoms with van der Waals surface area (Å²) >= 11 is 0. The van der Waals surface area contributed by atoms with E-state index in [0.29, 0.717) is 5.69 Å². The number of Topliss-reactive ketones (excluding diaryl/α,β-unsaturated/α-hetero) is 2. The van der Waals surface area contributed by atoms with Crippen LogP contribution in [0.4, 0.5) is 0 Å². The number of pyridine rings is 1. The second kappa shape index (κ2) is 5.24. The summed E-state index contributed by atoms with van der Waals surface area (Å²) in [6.07, 6.45) is 0. The molecular weight excluding hydrogens is 262 g/mol. The smallest absolute Gasteiger partial charge is 0.303 e. The molecule has 1 aromatic heterocycles. The Morgan fingerprint density at radius 2 is 1.95 bits per heavy atom. The molecule has 0 unspecified atom stereocenters. The molecule has 0 N–H and O–H groups in total. The van der Waals surface area contributed by atoms with Crippen LogP contribution in [0.2, 0.25) is 0 Å². The SMILES string of the molecule is COC1=C(C)C(=O)c2nc(COC(C)=O)ccc2C1=O. The molecule has 2 rings (SSSR count). The Balaban J connectivity index is 2.41. The van der Waals surface area contributed by atoms with Gasteiger partial charge in [0, 0.05) is 12.5 Å². The molecule has 1 aromatic rings. The Morgan fingerprint density at radius 3 is 2.55 bits per heavy atom. The van der Waals surface area contributed by atoms with Crippen molar-refractivity contribution < 1.29 is 23.9 Å². The van der Waals surface area contributed by atoms with Crippen molar-refractivity contribution in [3.05, 3.63) is 40.4 Å². The minimum atomic E-state index is -0.440. The average molecular weight is 275 g/mol. The zero-order valence-electron chi connectivity index (χ0n) is 11.4. The number of carbonyl (C=O) groups is 3. The first-order valence-electron chi connectivity index (χ1n) is 5.93. The highest BCUT2D eigenvalue weighted by molar-refractivity contribution is 6.25. The zero-order valence-corrected chi connectivity index (χ0v) is 11.4. The van der Waals surface area contributed by atoms with Gasteiger partial charge in [0.15, 0.2) is 5.76 Å². The van der Waals surface area contributed by atoms with E-state index >= 15 is 0 Å². The Kier molecular flexibility index (Phi) is 3.65. The van der Waals surface area contributed by atoms with Crippen molar-refractivity contribution in [1.29, 1.82) is 0 Å². The number of nitrogens with zero attached hydrogens (tertiary/aromatic N) is 1. The van der Waals surface area contributed by atoms with Crippen LogP contribution in [-0.2, 0) is 20.9 Å². The van der Waals surface area contributed by atoms with Crippen molar-refractivity contribution in [2.75, 3.05) is 7.11 Å². The number of allylic oxidation sites excluding steroid dienone is 2. The molecule has 0 radical (unpaired) electrons. The highest BCUT2D eigenvalue weighted by atomic mass is 16.5. The highest BCUT2D eigenvalue weighted by Gasteiger charge is 2.32. The van der Waals surface area contributed by atoms with Gasteiger partial charge in [-0.3, -0.25) is 14.4 Å². The van der Waals surface area contributed by atoms with Gasteiger partial charge in [-0.1, -0.05) is 0 Å². The largest absolute Gasteiger partial charge is 0.492 e. The van der Waals surface area contributed by atoms with E-state index in [1.807, 2.05) is 0 Å². The highest BCUT2D eigenvalue weighted by Crippen LogP contribution is 2.25. The quantitative estimate of drug-likeness (QED) is 0.776. The van der Waals surface area contributed by atoms with Gasteiger partial charge in [-0.05, 0) is 19.1 Å². The maximum Gasteiger partial charge on any atom is 0.303 e. The van der Waals surface area contributed by atoms with Crippen molar-refractivity contribution in [2.45, 2.75) is 20.5 Å². The van der Waals surface area contributed by atoms with Crippen LogP contribution in [0, 0.1) is 0 Å². The Morgan fingerprint density at radius 1 is 1.25 bits per heavy atom. The first kappa shape index (κ1) is 13.9. The number of ether oxygens (including phenoxy) is 2. The summed E-state index contributed by atoms with van der Waals surface area (Å²) in [5, 5.41) is 0. The van der Waals surface area contributed by atoms with E-state index in [9.17, 15) is 14.4 Å². The maximum atomic E-state index is 12.2. The standard InChI is InChI=1S/C14H13NO5/c1-7-12(17)11-10(13(18)14(7)19-3)5-4-9(15-11)6-20-8(2)16/h4-5H,6H2,1-3H3. The number of methoxy groups -OCH3 is 1. The fraction of sp³-hybridized carbons (Fsp3) is 0.286. The van der Waals surface area contributed by atoms with Crippen LogP contribution < -0.4 is 0 Å². The number of hydrogen-bond acceptors (Lipinski definition) is 6. The summed E-state index contributed by atoms with van der Waals surface area (Å²) in [5.41, 5.74) is 0.901. The molecule has 6 heteroatoms.